The van der Waals surface area contributed by atoms with Gasteiger partial charge in [0, 0.05) is 12.6 Å². The number of carbonyl (C=O) groups is 4. The number of hydrogen-bond donors (Lipinski definition) is 3. The molecule has 0 aliphatic rings. The van der Waals surface area contributed by atoms with Gasteiger partial charge < -0.3 is 26.0 Å². The maximum Gasteiger partial charge on any atom is 0.408 e. The predicted molar refractivity (Wildman–Crippen MR) is 149 cm³/mol. The second-order valence-corrected chi connectivity index (χ2v) is 11.1. The fourth-order valence-corrected chi connectivity index (χ4v) is 4.16. The monoisotopic (exact) mass is 532 g/mol. The van der Waals surface area contributed by atoms with Gasteiger partial charge in [-0.1, -0.05) is 68.9 Å². The van der Waals surface area contributed by atoms with Gasteiger partial charge in [0.05, 0.1) is 6.42 Å². The Balaban J connectivity index is 3.43. The molecule has 1 rings (SSSR count). The smallest absolute Gasteiger partial charge is 0.408 e. The molecule has 0 fully saturated rings. The van der Waals surface area contributed by atoms with Crippen LogP contribution in [0.15, 0.2) is 24.3 Å². The SMILES string of the molecule is CCCCCCCCN(C(=O)C(CC(N)=O)NC(=O)OC(C)(C)C)C(C(=O)NC(C)C)c1cccc(C)c1. The van der Waals surface area contributed by atoms with Crippen molar-refractivity contribution in [2.75, 3.05) is 6.54 Å². The summed E-state index contributed by atoms with van der Waals surface area (Å²) in [4.78, 5) is 53.5. The summed E-state index contributed by atoms with van der Waals surface area (Å²) in [5.41, 5.74) is 6.24. The number of amides is 4. The highest BCUT2D eigenvalue weighted by molar-refractivity contribution is 5.94. The topological polar surface area (TPSA) is 131 Å². The standard InChI is InChI=1S/C29H48N4O5/c1-8-9-10-11-12-13-17-33(25(26(35)31-20(2)3)22-16-14-15-21(4)18-22)27(36)23(19-24(30)34)32-28(37)38-29(5,6)7/h14-16,18,20,23,25H,8-13,17,19H2,1-7H3,(H2,30,34)(H,31,35)(H,32,37). The van der Waals surface area contributed by atoms with Crippen LogP contribution in [-0.2, 0) is 19.1 Å². The summed E-state index contributed by atoms with van der Waals surface area (Å²) in [5.74, 6) is -1.65. The van der Waals surface area contributed by atoms with Gasteiger partial charge in [-0.3, -0.25) is 14.4 Å². The number of aryl methyl sites for hydroxylation is 1. The van der Waals surface area contributed by atoms with E-state index in [1.165, 1.54) is 4.90 Å². The fraction of sp³-hybridized carbons (Fsp3) is 0.655. The molecule has 214 valence electrons. The van der Waals surface area contributed by atoms with Crippen molar-refractivity contribution in [2.45, 2.75) is 117 Å². The Kier molecular flexibility index (Phi) is 13.9. The lowest BCUT2D eigenvalue weighted by Gasteiger charge is -2.35. The third-order valence-electron chi connectivity index (χ3n) is 5.78. The van der Waals surface area contributed by atoms with E-state index in [-0.39, 0.29) is 18.5 Å². The lowest BCUT2D eigenvalue weighted by atomic mass is 9.99. The third kappa shape index (κ3) is 12.4. The number of unbranched alkanes of at least 4 members (excludes halogenated alkanes) is 5. The maximum absolute atomic E-state index is 14.0. The molecule has 4 N–H and O–H groups in total. The van der Waals surface area contributed by atoms with Gasteiger partial charge in [-0.05, 0) is 53.5 Å². The van der Waals surface area contributed by atoms with Gasteiger partial charge in [-0.2, -0.15) is 0 Å². The van der Waals surface area contributed by atoms with Crippen molar-refractivity contribution in [2.24, 2.45) is 5.73 Å². The number of ether oxygens (including phenoxy) is 1. The molecule has 0 saturated carbocycles. The predicted octanol–water partition coefficient (Wildman–Crippen LogP) is 4.52. The number of hydrogen-bond acceptors (Lipinski definition) is 5. The van der Waals surface area contributed by atoms with Gasteiger partial charge in [0.1, 0.15) is 17.7 Å². The van der Waals surface area contributed by atoms with Crippen molar-refractivity contribution in [3.8, 4) is 0 Å². The van der Waals surface area contributed by atoms with E-state index in [1.807, 2.05) is 45.0 Å². The summed E-state index contributed by atoms with van der Waals surface area (Å²) in [7, 11) is 0. The molecular formula is C29H48N4O5. The Bertz CT molecular complexity index is 926. The summed E-state index contributed by atoms with van der Waals surface area (Å²) < 4.78 is 5.32. The van der Waals surface area contributed by atoms with Crippen molar-refractivity contribution < 1.29 is 23.9 Å². The van der Waals surface area contributed by atoms with E-state index in [0.29, 0.717) is 12.0 Å². The summed E-state index contributed by atoms with van der Waals surface area (Å²) in [6.45, 7) is 13.2. The van der Waals surface area contributed by atoms with Crippen LogP contribution in [-0.4, -0.2) is 52.9 Å². The molecule has 1 aromatic carbocycles. The molecule has 0 radical (unpaired) electrons. The van der Waals surface area contributed by atoms with Crippen LogP contribution in [0.25, 0.3) is 0 Å². The average molecular weight is 533 g/mol. The third-order valence-corrected chi connectivity index (χ3v) is 5.78. The lowest BCUT2D eigenvalue weighted by Crippen LogP contribution is -2.54. The Morgan fingerprint density at radius 2 is 1.63 bits per heavy atom. The molecule has 2 atom stereocenters. The Morgan fingerprint density at radius 1 is 1.00 bits per heavy atom. The molecule has 0 spiro atoms. The molecule has 9 nitrogen and oxygen atoms in total. The highest BCUT2D eigenvalue weighted by Crippen LogP contribution is 2.25. The summed E-state index contributed by atoms with van der Waals surface area (Å²) in [6, 6.07) is 5.06. The molecule has 0 heterocycles. The molecule has 38 heavy (non-hydrogen) atoms. The van der Waals surface area contributed by atoms with Gasteiger partial charge in [0.2, 0.25) is 17.7 Å². The first kappa shape index (κ1) is 32.9. The van der Waals surface area contributed by atoms with Crippen LogP contribution < -0.4 is 16.4 Å². The molecular weight excluding hydrogens is 484 g/mol. The largest absolute Gasteiger partial charge is 0.444 e. The molecule has 1 aromatic rings. The number of alkyl carbamates (subject to hydrolysis) is 1. The molecule has 0 aliphatic heterocycles. The quantitative estimate of drug-likeness (QED) is 0.286. The first-order valence-electron chi connectivity index (χ1n) is 13.7. The lowest BCUT2D eigenvalue weighted by molar-refractivity contribution is -0.143. The first-order valence-corrected chi connectivity index (χ1v) is 13.7. The minimum atomic E-state index is -1.28. The minimum absolute atomic E-state index is 0.151. The number of carbonyl (C=O) groups excluding carboxylic acids is 4. The number of nitrogens with one attached hydrogen (secondary N) is 2. The van der Waals surface area contributed by atoms with Crippen molar-refractivity contribution in [3.05, 3.63) is 35.4 Å². The zero-order chi connectivity index (χ0) is 28.9. The van der Waals surface area contributed by atoms with E-state index < -0.39 is 42.0 Å². The number of primary amides is 1. The molecule has 4 amide bonds. The van der Waals surface area contributed by atoms with E-state index in [0.717, 1.165) is 37.7 Å². The van der Waals surface area contributed by atoms with Gasteiger partial charge in [0.25, 0.3) is 0 Å². The van der Waals surface area contributed by atoms with E-state index in [4.69, 9.17) is 10.5 Å². The van der Waals surface area contributed by atoms with Crippen molar-refractivity contribution in [1.29, 1.82) is 0 Å². The maximum atomic E-state index is 14.0. The molecule has 0 saturated heterocycles. The fourth-order valence-electron chi connectivity index (χ4n) is 4.16. The summed E-state index contributed by atoms with van der Waals surface area (Å²) >= 11 is 0. The zero-order valence-electron chi connectivity index (χ0n) is 24.3. The van der Waals surface area contributed by atoms with Crippen molar-refractivity contribution in [1.82, 2.24) is 15.5 Å². The van der Waals surface area contributed by atoms with Gasteiger partial charge in [-0.25, -0.2) is 4.79 Å². The molecule has 0 aliphatic carbocycles. The summed E-state index contributed by atoms with van der Waals surface area (Å²) in [5, 5.41) is 5.45. The van der Waals surface area contributed by atoms with Crippen LogP contribution in [0, 0.1) is 6.92 Å². The molecule has 0 bridgehead atoms. The molecule has 9 heteroatoms. The van der Waals surface area contributed by atoms with Crippen LogP contribution in [0.1, 0.15) is 104 Å². The number of benzene rings is 1. The first-order chi connectivity index (χ1) is 17.7. The minimum Gasteiger partial charge on any atom is -0.444 e. The second kappa shape index (κ2) is 16.0. The van der Waals surface area contributed by atoms with E-state index in [1.54, 1.807) is 20.8 Å². The van der Waals surface area contributed by atoms with Crippen LogP contribution in [0.3, 0.4) is 0 Å². The normalized spacial score (nSPS) is 12.9. The molecule has 0 aromatic heterocycles. The van der Waals surface area contributed by atoms with Crippen molar-refractivity contribution >= 4 is 23.8 Å². The highest BCUT2D eigenvalue weighted by Gasteiger charge is 2.37. The van der Waals surface area contributed by atoms with E-state index >= 15 is 0 Å². The van der Waals surface area contributed by atoms with E-state index in [2.05, 4.69) is 17.6 Å². The number of rotatable bonds is 15. The van der Waals surface area contributed by atoms with Crippen LogP contribution in [0.4, 0.5) is 4.79 Å². The van der Waals surface area contributed by atoms with Crippen LogP contribution >= 0.6 is 0 Å². The van der Waals surface area contributed by atoms with Crippen LogP contribution in [0.2, 0.25) is 0 Å². The Morgan fingerprint density at radius 3 is 2.18 bits per heavy atom. The highest BCUT2D eigenvalue weighted by atomic mass is 16.6. The van der Waals surface area contributed by atoms with Gasteiger partial charge in [-0.15, -0.1) is 0 Å². The van der Waals surface area contributed by atoms with Crippen LogP contribution in [0.5, 0.6) is 0 Å². The number of nitrogens with two attached hydrogens (primary N) is 1. The van der Waals surface area contributed by atoms with Gasteiger partial charge in [0.15, 0.2) is 0 Å². The van der Waals surface area contributed by atoms with E-state index in [9.17, 15) is 19.2 Å². The van der Waals surface area contributed by atoms with Crippen molar-refractivity contribution in [3.63, 3.8) is 0 Å². The zero-order valence-corrected chi connectivity index (χ0v) is 24.3. The Labute approximate surface area is 228 Å². The summed E-state index contributed by atoms with van der Waals surface area (Å²) in [6.07, 6.45) is 4.69. The molecule has 2 unspecified atom stereocenters. The Hall–Kier alpha value is -3.10. The average Bonchev–Trinajstić information content (AvgIpc) is 2.77. The second-order valence-electron chi connectivity index (χ2n) is 11.1. The van der Waals surface area contributed by atoms with Gasteiger partial charge >= 0.3 is 6.09 Å². The number of nitrogens with zero attached hydrogens (tertiary/aromatic N) is 1.